The minimum Gasteiger partial charge on any atom is -0.229 e. The van der Waals surface area contributed by atoms with Crippen molar-refractivity contribution in [3.63, 3.8) is 0 Å². The van der Waals surface area contributed by atoms with Crippen LogP contribution in [0.4, 0.5) is 0 Å². The second-order valence-electron chi connectivity index (χ2n) is 7.57. The first kappa shape index (κ1) is 17.2. The van der Waals surface area contributed by atoms with Crippen molar-refractivity contribution in [1.82, 2.24) is 9.71 Å². The lowest BCUT2D eigenvalue weighted by molar-refractivity contribution is 0.0934. The molecule has 0 amide bonds. The molecule has 4 nitrogen and oxygen atoms in total. The molecule has 0 radical (unpaired) electrons. The van der Waals surface area contributed by atoms with E-state index >= 15 is 0 Å². The molecule has 0 spiro atoms. The smallest absolute Gasteiger partial charge is 0.229 e. The summed E-state index contributed by atoms with van der Waals surface area (Å²) in [6, 6.07) is -0.0472. The van der Waals surface area contributed by atoms with Gasteiger partial charge in [0.2, 0.25) is 0 Å². The van der Waals surface area contributed by atoms with Crippen LogP contribution in [0.5, 0.6) is 0 Å². The summed E-state index contributed by atoms with van der Waals surface area (Å²) in [6.45, 7) is 10.5. The summed E-state index contributed by atoms with van der Waals surface area (Å²) >= 11 is 6.83. The van der Waals surface area contributed by atoms with Crippen molar-refractivity contribution in [2.24, 2.45) is 10.8 Å². The fourth-order valence-electron chi connectivity index (χ4n) is 3.80. The normalized spacial score (nSPS) is 22.4. The summed E-state index contributed by atoms with van der Waals surface area (Å²) in [5, 5.41) is 0. The Kier molecular flexibility index (Phi) is 4.48. The van der Waals surface area contributed by atoms with Crippen LogP contribution in [0.3, 0.4) is 0 Å². The van der Waals surface area contributed by atoms with E-state index in [-0.39, 0.29) is 25.5 Å². The Hall–Kier alpha value is -0.170. The molecular formula is C14H23ClN2O2S2. The number of aromatic nitrogens is 1. The van der Waals surface area contributed by atoms with Gasteiger partial charge in [-0.05, 0) is 37.0 Å². The molecule has 0 saturated heterocycles. The molecule has 0 atom stereocenters. The van der Waals surface area contributed by atoms with Gasteiger partial charge in [0.15, 0.2) is 8.68 Å². The molecule has 120 valence electrons. The molecule has 1 N–H and O–H groups in total. The molecule has 1 aromatic heterocycles. The van der Waals surface area contributed by atoms with Crippen molar-refractivity contribution >= 4 is 33.0 Å². The molecule has 7 heteroatoms. The van der Waals surface area contributed by atoms with Crippen molar-refractivity contribution in [2.45, 2.75) is 64.1 Å². The van der Waals surface area contributed by atoms with Crippen molar-refractivity contribution in [3.05, 3.63) is 10.2 Å². The lowest BCUT2D eigenvalue weighted by Gasteiger charge is -2.44. The van der Waals surface area contributed by atoms with Crippen LogP contribution in [0.2, 0.25) is 4.47 Å². The van der Waals surface area contributed by atoms with E-state index in [0.29, 0.717) is 5.69 Å². The number of sulfonamides is 1. The monoisotopic (exact) mass is 350 g/mol. The molecule has 1 aromatic rings. The predicted octanol–water partition coefficient (Wildman–Crippen LogP) is 3.99. The van der Waals surface area contributed by atoms with Gasteiger partial charge in [-0.15, -0.1) is 0 Å². The van der Waals surface area contributed by atoms with E-state index in [4.69, 9.17) is 11.6 Å². The molecule has 0 aliphatic heterocycles. The van der Waals surface area contributed by atoms with Crippen LogP contribution < -0.4 is 4.72 Å². The van der Waals surface area contributed by atoms with E-state index in [1.54, 1.807) is 6.92 Å². The van der Waals surface area contributed by atoms with Crippen LogP contribution in [0.1, 0.15) is 52.7 Å². The maximum atomic E-state index is 12.6. The molecule has 1 heterocycles. The van der Waals surface area contributed by atoms with E-state index in [1.165, 1.54) is 0 Å². The van der Waals surface area contributed by atoms with Crippen molar-refractivity contribution in [1.29, 1.82) is 0 Å². The van der Waals surface area contributed by atoms with Gasteiger partial charge in [0.1, 0.15) is 0 Å². The zero-order valence-corrected chi connectivity index (χ0v) is 15.5. The van der Waals surface area contributed by atoms with Gasteiger partial charge >= 0.3 is 0 Å². The number of hydrogen-bond acceptors (Lipinski definition) is 4. The average molecular weight is 351 g/mol. The van der Waals surface area contributed by atoms with Gasteiger partial charge in [-0.25, -0.2) is 18.1 Å². The molecule has 0 unspecified atom stereocenters. The maximum absolute atomic E-state index is 12.6. The van der Waals surface area contributed by atoms with Gasteiger partial charge in [-0.2, -0.15) is 0 Å². The van der Waals surface area contributed by atoms with E-state index in [0.717, 1.165) is 30.6 Å². The topological polar surface area (TPSA) is 59.1 Å². The molecule has 2 rings (SSSR count). The summed E-state index contributed by atoms with van der Waals surface area (Å²) in [7, 11) is -3.55. The Balaban J connectivity index is 2.22. The van der Waals surface area contributed by atoms with Gasteiger partial charge < -0.3 is 0 Å². The largest absolute Gasteiger partial charge is 0.252 e. The first-order chi connectivity index (χ1) is 9.40. The summed E-state index contributed by atoms with van der Waals surface area (Å²) < 4.78 is 28.5. The summed E-state index contributed by atoms with van der Waals surface area (Å²) in [5.41, 5.74) is 0.733. The number of rotatable bonds is 3. The lowest BCUT2D eigenvalue weighted by Crippen LogP contribution is -2.45. The van der Waals surface area contributed by atoms with E-state index in [1.807, 2.05) is 0 Å². The lowest BCUT2D eigenvalue weighted by atomic mass is 9.64. The Bertz CT molecular complexity index is 619. The fourth-order valence-corrected chi connectivity index (χ4v) is 6.79. The number of halogens is 1. The quantitative estimate of drug-likeness (QED) is 0.896. The molecule has 1 fully saturated rings. The average Bonchev–Trinajstić information content (AvgIpc) is 2.52. The number of hydrogen-bond donors (Lipinski definition) is 1. The summed E-state index contributed by atoms with van der Waals surface area (Å²) in [5.74, 6) is 0. The second kappa shape index (κ2) is 5.48. The van der Waals surface area contributed by atoms with Gasteiger partial charge in [0.05, 0.1) is 5.69 Å². The highest BCUT2D eigenvalue weighted by Gasteiger charge is 2.40. The van der Waals surface area contributed by atoms with Gasteiger partial charge in [0.25, 0.3) is 10.0 Å². The van der Waals surface area contributed by atoms with Gasteiger partial charge in [0, 0.05) is 6.04 Å². The van der Waals surface area contributed by atoms with Crippen LogP contribution in [-0.4, -0.2) is 19.4 Å². The predicted molar refractivity (Wildman–Crippen MR) is 87.4 cm³/mol. The number of nitrogens with zero attached hydrogens (tertiary/aromatic N) is 1. The minimum atomic E-state index is -3.55. The van der Waals surface area contributed by atoms with E-state index in [9.17, 15) is 8.42 Å². The van der Waals surface area contributed by atoms with Crippen LogP contribution in [0.25, 0.3) is 0 Å². The molecule has 1 aliphatic rings. The highest BCUT2D eigenvalue weighted by molar-refractivity contribution is 7.91. The first-order valence-corrected chi connectivity index (χ1v) is 9.73. The first-order valence-electron chi connectivity index (χ1n) is 7.06. The fraction of sp³-hybridized carbons (Fsp3) is 0.786. The van der Waals surface area contributed by atoms with Crippen LogP contribution in [0.15, 0.2) is 4.21 Å². The Morgan fingerprint density at radius 2 is 1.76 bits per heavy atom. The van der Waals surface area contributed by atoms with Crippen LogP contribution in [0, 0.1) is 17.8 Å². The van der Waals surface area contributed by atoms with Gasteiger partial charge in [-0.3, -0.25) is 0 Å². The molecule has 1 saturated carbocycles. The molecule has 21 heavy (non-hydrogen) atoms. The maximum Gasteiger partial charge on any atom is 0.252 e. The highest BCUT2D eigenvalue weighted by Crippen LogP contribution is 2.46. The number of nitrogens with one attached hydrogen (secondary N) is 1. The highest BCUT2D eigenvalue weighted by atomic mass is 35.5. The minimum absolute atomic E-state index is 0.0472. The van der Waals surface area contributed by atoms with Crippen molar-refractivity contribution < 1.29 is 8.42 Å². The van der Waals surface area contributed by atoms with Crippen LogP contribution >= 0.6 is 22.9 Å². The summed E-state index contributed by atoms with van der Waals surface area (Å²) in [6.07, 6.45) is 2.80. The number of aryl methyl sites for hydroxylation is 1. The second-order valence-corrected chi connectivity index (χ2v) is 11.1. The summed E-state index contributed by atoms with van der Waals surface area (Å²) in [4.78, 5) is 3.99. The third-order valence-corrected chi connectivity index (χ3v) is 7.24. The molecule has 0 aromatic carbocycles. The molecule has 0 bridgehead atoms. The Morgan fingerprint density at radius 3 is 2.19 bits per heavy atom. The molecule has 1 aliphatic carbocycles. The van der Waals surface area contributed by atoms with E-state index < -0.39 is 10.0 Å². The SMILES string of the molecule is Cc1nc(Cl)sc1S(=O)(=O)NC1CC(C)(C)CC(C)(C)C1. The standard InChI is InChI=1S/C14H23ClN2O2S2/c1-9-11(20-12(15)16-9)21(18,19)17-10-6-13(2,3)8-14(4,5)7-10/h10,17H,6-8H2,1-5H3. The Labute approximate surface area is 136 Å². The number of thiazole rings is 1. The molecular weight excluding hydrogens is 328 g/mol. The van der Waals surface area contributed by atoms with Crippen LogP contribution in [-0.2, 0) is 10.0 Å². The Morgan fingerprint density at radius 1 is 1.24 bits per heavy atom. The third kappa shape index (κ3) is 4.18. The van der Waals surface area contributed by atoms with Crippen molar-refractivity contribution in [3.8, 4) is 0 Å². The zero-order chi connectivity index (χ0) is 16.1. The van der Waals surface area contributed by atoms with Gasteiger partial charge in [-0.1, -0.05) is 50.6 Å². The van der Waals surface area contributed by atoms with E-state index in [2.05, 4.69) is 37.4 Å². The zero-order valence-electron chi connectivity index (χ0n) is 13.2. The van der Waals surface area contributed by atoms with Crippen molar-refractivity contribution in [2.75, 3.05) is 0 Å². The third-order valence-electron chi connectivity index (χ3n) is 3.85.